The van der Waals surface area contributed by atoms with Gasteiger partial charge in [0.25, 0.3) is 0 Å². The molecule has 3 aromatic rings. The number of hydrogen-bond acceptors (Lipinski definition) is 3. The Morgan fingerprint density at radius 2 is 2.11 bits per heavy atom. The molecule has 0 aliphatic carbocycles. The van der Waals surface area contributed by atoms with E-state index < -0.39 is 0 Å². The molecule has 0 radical (unpaired) electrons. The van der Waals surface area contributed by atoms with Gasteiger partial charge in [-0.1, -0.05) is 24.3 Å². The Bertz CT molecular complexity index is 984. The molecule has 1 atom stereocenters. The molecule has 28 heavy (non-hydrogen) atoms. The zero-order chi connectivity index (χ0) is 19.5. The van der Waals surface area contributed by atoms with E-state index in [4.69, 9.17) is 4.98 Å². The van der Waals surface area contributed by atoms with Crippen molar-refractivity contribution >= 4 is 22.9 Å². The average molecular weight is 380 g/mol. The van der Waals surface area contributed by atoms with E-state index in [2.05, 4.69) is 20.9 Å². The molecule has 1 saturated heterocycles. The van der Waals surface area contributed by atoms with Crippen LogP contribution in [0.25, 0.3) is 11.0 Å². The fourth-order valence-electron chi connectivity index (χ4n) is 3.96. The third-order valence-corrected chi connectivity index (χ3v) is 5.44. The molecule has 1 fully saturated rings. The van der Waals surface area contributed by atoms with Crippen LogP contribution in [0.3, 0.4) is 0 Å². The SMILES string of the molecule is Cn1c(N2CCC[C@@H](C(=O)NCCc3cccc(F)c3)C2)nc2ccccc21. The zero-order valence-electron chi connectivity index (χ0n) is 16.1. The van der Waals surface area contributed by atoms with E-state index in [1.165, 1.54) is 12.1 Å². The topological polar surface area (TPSA) is 50.2 Å². The summed E-state index contributed by atoms with van der Waals surface area (Å²) in [5.41, 5.74) is 2.96. The van der Waals surface area contributed by atoms with E-state index in [9.17, 15) is 9.18 Å². The number of carbonyl (C=O) groups excluding carboxylic acids is 1. The molecule has 2 heterocycles. The summed E-state index contributed by atoms with van der Waals surface area (Å²) in [4.78, 5) is 19.6. The van der Waals surface area contributed by atoms with E-state index in [-0.39, 0.29) is 17.6 Å². The number of nitrogens with one attached hydrogen (secondary N) is 1. The minimum Gasteiger partial charge on any atom is -0.355 e. The van der Waals surface area contributed by atoms with Crippen molar-refractivity contribution in [2.75, 3.05) is 24.5 Å². The van der Waals surface area contributed by atoms with Gasteiger partial charge in [0.05, 0.1) is 17.0 Å². The van der Waals surface area contributed by atoms with E-state index in [0.717, 1.165) is 41.9 Å². The first kappa shape index (κ1) is 18.5. The molecule has 1 amide bonds. The van der Waals surface area contributed by atoms with Crippen LogP contribution >= 0.6 is 0 Å². The number of imidazole rings is 1. The number of aromatic nitrogens is 2. The van der Waals surface area contributed by atoms with Crippen LogP contribution in [0.1, 0.15) is 18.4 Å². The first-order chi connectivity index (χ1) is 13.6. The Morgan fingerprint density at radius 1 is 1.25 bits per heavy atom. The molecule has 1 aromatic heterocycles. The maximum atomic E-state index is 13.3. The molecule has 1 aliphatic heterocycles. The van der Waals surface area contributed by atoms with Gasteiger partial charge in [-0.2, -0.15) is 0 Å². The molecular weight excluding hydrogens is 355 g/mol. The number of rotatable bonds is 5. The number of piperidine rings is 1. The lowest BCUT2D eigenvalue weighted by Crippen LogP contribution is -2.44. The molecule has 0 bridgehead atoms. The van der Waals surface area contributed by atoms with Crippen molar-refractivity contribution in [1.29, 1.82) is 0 Å². The van der Waals surface area contributed by atoms with E-state index in [1.807, 2.05) is 31.3 Å². The average Bonchev–Trinajstić information content (AvgIpc) is 3.05. The Hall–Kier alpha value is -2.89. The molecule has 0 saturated carbocycles. The van der Waals surface area contributed by atoms with Crippen LogP contribution in [-0.2, 0) is 18.3 Å². The number of benzene rings is 2. The lowest BCUT2D eigenvalue weighted by molar-refractivity contribution is -0.125. The Labute approximate surface area is 164 Å². The number of hydrogen-bond donors (Lipinski definition) is 1. The van der Waals surface area contributed by atoms with Gasteiger partial charge in [-0.05, 0) is 49.1 Å². The molecule has 6 heteroatoms. The summed E-state index contributed by atoms with van der Waals surface area (Å²) in [7, 11) is 2.02. The lowest BCUT2D eigenvalue weighted by Gasteiger charge is -2.32. The number of halogens is 1. The second-order valence-electron chi connectivity index (χ2n) is 7.42. The quantitative estimate of drug-likeness (QED) is 0.739. The standard InChI is InChI=1S/C22H25FN4O/c1-26-20-10-3-2-9-19(20)25-22(26)27-13-5-7-17(15-27)21(28)24-12-11-16-6-4-8-18(23)14-16/h2-4,6,8-10,14,17H,5,7,11-13,15H2,1H3,(H,24,28)/t17-/m1/s1. The maximum Gasteiger partial charge on any atom is 0.224 e. The number of para-hydroxylation sites is 2. The van der Waals surface area contributed by atoms with Crippen LogP contribution in [0.2, 0.25) is 0 Å². The van der Waals surface area contributed by atoms with Gasteiger partial charge in [0.2, 0.25) is 11.9 Å². The van der Waals surface area contributed by atoms with Crippen LogP contribution < -0.4 is 10.2 Å². The van der Waals surface area contributed by atoms with Gasteiger partial charge in [0, 0.05) is 26.7 Å². The predicted molar refractivity (Wildman–Crippen MR) is 109 cm³/mol. The van der Waals surface area contributed by atoms with Crippen LogP contribution in [-0.4, -0.2) is 35.1 Å². The van der Waals surface area contributed by atoms with Crippen molar-refractivity contribution in [3.05, 3.63) is 59.9 Å². The minimum atomic E-state index is -0.241. The summed E-state index contributed by atoms with van der Waals surface area (Å²) >= 11 is 0. The molecule has 146 valence electrons. The summed E-state index contributed by atoms with van der Waals surface area (Å²) in [6, 6.07) is 14.6. The largest absolute Gasteiger partial charge is 0.355 e. The summed E-state index contributed by atoms with van der Waals surface area (Å²) in [6.45, 7) is 2.10. The monoisotopic (exact) mass is 380 g/mol. The van der Waals surface area contributed by atoms with E-state index >= 15 is 0 Å². The van der Waals surface area contributed by atoms with Gasteiger partial charge in [0.15, 0.2) is 0 Å². The third kappa shape index (κ3) is 3.86. The molecular formula is C22H25FN4O. The maximum absolute atomic E-state index is 13.3. The molecule has 1 aliphatic rings. The fraction of sp³-hybridized carbons (Fsp3) is 0.364. The van der Waals surface area contributed by atoms with Crippen molar-refractivity contribution in [2.24, 2.45) is 13.0 Å². The number of amides is 1. The highest BCUT2D eigenvalue weighted by molar-refractivity contribution is 5.81. The molecule has 1 N–H and O–H groups in total. The number of fused-ring (bicyclic) bond motifs is 1. The van der Waals surface area contributed by atoms with Gasteiger partial charge in [0.1, 0.15) is 5.82 Å². The number of anilines is 1. The molecule has 2 aromatic carbocycles. The van der Waals surface area contributed by atoms with Crippen LogP contribution in [0.4, 0.5) is 10.3 Å². The summed E-state index contributed by atoms with van der Waals surface area (Å²) in [5, 5.41) is 3.02. The summed E-state index contributed by atoms with van der Waals surface area (Å²) in [5.74, 6) is 0.689. The second kappa shape index (κ2) is 8.00. The Morgan fingerprint density at radius 3 is 2.93 bits per heavy atom. The first-order valence-corrected chi connectivity index (χ1v) is 9.80. The number of carbonyl (C=O) groups is 1. The molecule has 0 spiro atoms. The van der Waals surface area contributed by atoms with Crippen molar-refractivity contribution in [2.45, 2.75) is 19.3 Å². The van der Waals surface area contributed by atoms with Gasteiger partial charge >= 0.3 is 0 Å². The Balaban J connectivity index is 1.37. The summed E-state index contributed by atoms with van der Waals surface area (Å²) in [6.07, 6.45) is 2.47. The fourth-order valence-corrected chi connectivity index (χ4v) is 3.96. The van der Waals surface area contributed by atoms with Crippen molar-refractivity contribution in [3.8, 4) is 0 Å². The van der Waals surface area contributed by atoms with Gasteiger partial charge in [-0.25, -0.2) is 9.37 Å². The van der Waals surface area contributed by atoms with E-state index in [0.29, 0.717) is 19.5 Å². The van der Waals surface area contributed by atoms with Gasteiger partial charge in [-0.3, -0.25) is 4.79 Å². The number of nitrogens with zero attached hydrogens (tertiary/aromatic N) is 3. The lowest BCUT2D eigenvalue weighted by atomic mass is 9.97. The molecule has 4 rings (SSSR count). The zero-order valence-corrected chi connectivity index (χ0v) is 16.1. The molecule has 5 nitrogen and oxygen atoms in total. The highest BCUT2D eigenvalue weighted by Crippen LogP contribution is 2.26. The highest BCUT2D eigenvalue weighted by atomic mass is 19.1. The van der Waals surface area contributed by atoms with E-state index in [1.54, 1.807) is 6.07 Å². The van der Waals surface area contributed by atoms with Gasteiger partial charge in [-0.15, -0.1) is 0 Å². The molecule has 0 unspecified atom stereocenters. The van der Waals surface area contributed by atoms with Gasteiger partial charge < -0.3 is 14.8 Å². The minimum absolute atomic E-state index is 0.0546. The second-order valence-corrected chi connectivity index (χ2v) is 7.42. The third-order valence-electron chi connectivity index (χ3n) is 5.44. The Kier molecular flexibility index (Phi) is 5.28. The van der Waals surface area contributed by atoms with Crippen molar-refractivity contribution < 1.29 is 9.18 Å². The first-order valence-electron chi connectivity index (χ1n) is 9.80. The highest BCUT2D eigenvalue weighted by Gasteiger charge is 2.28. The smallest absolute Gasteiger partial charge is 0.224 e. The van der Waals surface area contributed by atoms with Crippen LogP contribution in [0.15, 0.2) is 48.5 Å². The van der Waals surface area contributed by atoms with Crippen LogP contribution in [0.5, 0.6) is 0 Å². The number of aryl methyl sites for hydroxylation is 1. The van der Waals surface area contributed by atoms with Crippen LogP contribution in [0, 0.1) is 11.7 Å². The van der Waals surface area contributed by atoms with Crippen molar-refractivity contribution in [3.63, 3.8) is 0 Å². The normalized spacial score (nSPS) is 17.1. The predicted octanol–water partition coefficient (Wildman–Crippen LogP) is 3.29. The summed E-state index contributed by atoms with van der Waals surface area (Å²) < 4.78 is 15.4. The van der Waals surface area contributed by atoms with Crippen molar-refractivity contribution in [1.82, 2.24) is 14.9 Å².